The molecule has 0 fully saturated rings. The van der Waals surface area contributed by atoms with Crippen LogP contribution in [0.15, 0.2) is 42.9 Å². The van der Waals surface area contributed by atoms with Gasteiger partial charge in [-0.15, -0.1) is 11.3 Å². The van der Waals surface area contributed by atoms with E-state index in [1.54, 1.807) is 24.4 Å². The van der Waals surface area contributed by atoms with Crippen molar-refractivity contribution < 1.29 is 4.39 Å². The lowest BCUT2D eigenvalue weighted by Gasteiger charge is -2.05. The Morgan fingerprint density at radius 3 is 2.88 bits per heavy atom. The lowest BCUT2D eigenvalue weighted by Crippen LogP contribution is -1.98. The van der Waals surface area contributed by atoms with Crippen LogP contribution in [0.1, 0.15) is 5.56 Å². The van der Waals surface area contributed by atoms with Gasteiger partial charge in [0.2, 0.25) is 0 Å². The third kappa shape index (κ3) is 2.78. The van der Waals surface area contributed by atoms with Crippen molar-refractivity contribution in [3.05, 3.63) is 54.2 Å². The van der Waals surface area contributed by atoms with Gasteiger partial charge in [-0.05, 0) is 18.2 Å². The van der Waals surface area contributed by atoms with E-state index in [2.05, 4.69) is 25.3 Å². The Hall–Kier alpha value is -3.64. The average molecular weight is 363 g/mol. The highest BCUT2D eigenvalue weighted by atomic mass is 32.1. The number of hydrogen-bond donors (Lipinski definition) is 2. The molecule has 0 amide bonds. The van der Waals surface area contributed by atoms with Crippen LogP contribution in [0, 0.1) is 17.1 Å². The van der Waals surface area contributed by atoms with E-state index in [9.17, 15) is 9.65 Å². The van der Waals surface area contributed by atoms with Crippen molar-refractivity contribution in [3.8, 4) is 16.6 Å². The minimum Gasteiger partial charge on any atom is -0.384 e. The number of aromatic nitrogens is 4. The number of anilines is 3. The molecule has 3 heterocycles. The number of hydrogen-bond acceptors (Lipinski definition) is 8. The Morgan fingerprint density at radius 2 is 2.08 bits per heavy atom. The standard InChI is InChI=1S/C17H10FN7S/c18-10-3-1-2-9(7-19)14(10)17-24-11-4-5-21-16(15(11)26-17)25-13-6-12(20)22-8-23-13/h1-6,8H,(H3,20,21,22,23,25). The van der Waals surface area contributed by atoms with Crippen molar-refractivity contribution in [3.63, 3.8) is 0 Å². The zero-order valence-electron chi connectivity index (χ0n) is 13.1. The van der Waals surface area contributed by atoms with Crippen molar-refractivity contribution >= 4 is 39.0 Å². The van der Waals surface area contributed by atoms with E-state index in [0.29, 0.717) is 32.7 Å². The van der Waals surface area contributed by atoms with E-state index >= 15 is 0 Å². The van der Waals surface area contributed by atoms with Gasteiger partial charge in [-0.3, -0.25) is 0 Å². The van der Waals surface area contributed by atoms with E-state index in [4.69, 9.17) is 5.73 Å². The first-order valence-electron chi connectivity index (χ1n) is 7.45. The first-order valence-corrected chi connectivity index (χ1v) is 8.26. The van der Waals surface area contributed by atoms with Crippen LogP contribution in [0.4, 0.5) is 21.8 Å². The number of fused-ring (bicyclic) bond motifs is 1. The fourth-order valence-electron chi connectivity index (χ4n) is 2.45. The molecule has 0 radical (unpaired) electrons. The molecule has 0 aliphatic rings. The van der Waals surface area contributed by atoms with Gasteiger partial charge in [-0.2, -0.15) is 5.26 Å². The topological polar surface area (TPSA) is 113 Å². The van der Waals surface area contributed by atoms with Crippen LogP contribution in [0.25, 0.3) is 20.8 Å². The molecule has 9 heteroatoms. The van der Waals surface area contributed by atoms with Crippen molar-refractivity contribution in [2.75, 3.05) is 11.1 Å². The molecule has 0 unspecified atom stereocenters. The predicted octanol–water partition coefficient (Wildman–Crippen LogP) is 3.48. The van der Waals surface area contributed by atoms with Crippen LogP contribution in [0.3, 0.4) is 0 Å². The number of nitrogens with zero attached hydrogens (tertiary/aromatic N) is 5. The van der Waals surface area contributed by atoms with Crippen molar-refractivity contribution in [2.45, 2.75) is 0 Å². The lowest BCUT2D eigenvalue weighted by molar-refractivity contribution is 0.631. The van der Waals surface area contributed by atoms with Gasteiger partial charge < -0.3 is 11.1 Å². The zero-order chi connectivity index (χ0) is 18.1. The smallest absolute Gasteiger partial charge is 0.151 e. The van der Waals surface area contributed by atoms with Crippen LogP contribution in [-0.4, -0.2) is 19.9 Å². The average Bonchev–Trinajstić information content (AvgIpc) is 3.06. The van der Waals surface area contributed by atoms with Crippen LogP contribution in [-0.2, 0) is 0 Å². The monoisotopic (exact) mass is 363 g/mol. The third-order valence-electron chi connectivity index (χ3n) is 3.59. The number of pyridine rings is 1. The van der Waals surface area contributed by atoms with Gasteiger partial charge in [0.05, 0.1) is 27.4 Å². The maximum atomic E-state index is 14.3. The molecule has 4 aromatic rings. The summed E-state index contributed by atoms with van der Waals surface area (Å²) in [5.41, 5.74) is 6.72. The molecule has 3 N–H and O–H groups in total. The van der Waals surface area contributed by atoms with Crippen LogP contribution in [0.5, 0.6) is 0 Å². The highest BCUT2D eigenvalue weighted by Crippen LogP contribution is 2.36. The van der Waals surface area contributed by atoms with Gasteiger partial charge in [0.25, 0.3) is 0 Å². The molecule has 0 aliphatic heterocycles. The van der Waals surface area contributed by atoms with Gasteiger partial charge in [0, 0.05) is 12.3 Å². The molecule has 0 atom stereocenters. The molecule has 7 nitrogen and oxygen atoms in total. The molecular formula is C17H10FN7S. The molecule has 126 valence electrons. The molecule has 0 saturated carbocycles. The number of nitrogen functional groups attached to an aromatic ring is 1. The van der Waals surface area contributed by atoms with Crippen LogP contribution >= 0.6 is 11.3 Å². The number of rotatable bonds is 3. The fraction of sp³-hybridized carbons (Fsp3) is 0. The summed E-state index contributed by atoms with van der Waals surface area (Å²) in [6, 6.07) is 9.67. The lowest BCUT2D eigenvalue weighted by atomic mass is 10.1. The van der Waals surface area contributed by atoms with Crippen molar-refractivity contribution in [1.29, 1.82) is 5.26 Å². The number of nitrogens with one attached hydrogen (secondary N) is 1. The Morgan fingerprint density at radius 1 is 1.19 bits per heavy atom. The maximum Gasteiger partial charge on any atom is 0.151 e. The third-order valence-corrected chi connectivity index (χ3v) is 4.68. The minimum absolute atomic E-state index is 0.188. The largest absolute Gasteiger partial charge is 0.384 e. The van der Waals surface area contributed by atoms with Gasteiger partial charge in [0.1, 0.15) is 28.8 Å². The number of halogens is 1. The van der Waals surface area contributed by atoms with E-state index < -0.39 is 5.82 Å². The molecular weight excluding hydrogens is 353 g/mol. The molecule has 4 rings (SSSR count). The molecule has 0 aliphatic carbocycles. The zero-order valence-corrected chi connectivity index (χ0v) is 14.0. The van der Waals surface area contributed by atoms with Crippen molar-refractivity contribution in [2.24, 2.45) is 0 Å². The summed E-state index contributed by atoms with van der Waals surface area (Å²) in [4.78, 5) is 16.7. The molecule has 0 spiro atoms. The normalized spacial score (nSPS) is 10.6. The second-order valence-corrected chi connectivity index (χ2v) is 6.25. The van der Waals surface area contributed by atoms with Crippen molar-refractivity contribution in [1.82, 2.24) is 19.9 Å². The Kier molecular flexibility index (Phi) is 3.87. The van der Waals surface area contributed by atoms with Crippen LogP contribution in [0.2, 0.25) is 0 Å². The number of thiazole rings is 1. The summed E-state index contributed by atoms with van der Waals surface area (Å²) in [7, 11) is 0. The Bertz CT molecular complexity index is 1170. The second kappa shape index (κ2) is 6.34. The first kappa shape index (κ1) is 15.9. The molecule has 3 aromatic heterocycles. The van der Waals surface area contributed by atoms with E-state index in [1.807, 2.05) is 6.07 Å². The quantitative estimate of drug-likeness (QED) is 0.573. The Balaban J connectivity index is 1.83. The Labute approximate surface area is 151 Å². The highest BCUT2D eigenvalue weighted by molar-refractivity contribution is 7.22. The molecule has 26 heavy (non-hydrogen) atoms. The van der Waals surface area contributed by atoms with E-state index in [1.165, 1.54) is 29.8 Å². The summed E-state index contributed by atoms with van der Waals surface area (Å²) in [6.07, 6.45) is 2.93. The minimum atomic E-state index is -0.492. The SMILES string of the molecule is N#Cc1cccc(F)c1-c1nc2ccnc(Nc3cc(N)ncn3)c2s1. The summed E-state index contributed by atoms with van der Waals surface area (Å²) >= 11 is 1.24. The molecule has 0 saturated heterocycles. The van der Waals surface area contributed by atoms with Gasteiger partial charge in [-0.1, -0.05) is 6.07 Å². The molecule has 1 aromatic carbocycles. The van der Waals surface area contributed by atoms with Gasteiger partial charge in [-0.25, -0.2) is 24.3 Å². The first-order chi connectivity index (χ1) is 12.7. The predicted molar refractivity (Wildman–Crippen MR) is 97.3 cm³/mol. The maximum absolute atomic E-state index is 14.3. The number of nitrogens with two attached hydrogens (primary N) is 1. The number of nitriles is 1. The van der Waals surface area contributed by atoms with Crippen LogP contribution < -0.4 is 11.1 Å². The van der Waals surface area contributed by atoms with E-state index in [-0.39, 0.29) is 11.1 Å². The summed E-state index contributed by atoms with van der Waals surface area (Å²) < 4.78 is 15.0. The highest BCUT2D eigenvalue weighted by Gasteiger charge is 2.17. The second-order valence-electron chi connectivity index (χ2n) is 5.25. The molecule has 0 bridgehead atoms. The summed E-state index contributed by atoms with van der Waals surface area (Å²) in [5.74, 6) is 0.828. The number of benzene rings is 1. The van der Waals surface area contributed by atoms with Gasteiger partial charge >= 0.3 is 0 Å². The van der Waals surface area contributed by atoms with E-state index in [0.717, 1.165) is 0 Å². The fourth-order valence-corrected chi connectivity index (χ4v) is 3.51. The summed E-state index contributed by atoms with van der Waals surface area (Å²) in [5, 5.41) is 12.7. The van der Waals surface area contributed by atoms with Gasteiger partial charge in [0.15, 0.2) is 5.82 Å². The summed E-state index contributed by atoms with van der Waals surface area (Å²) in [6.45, 7) is 0.